The SMILES string of the molecule is O=C(Cc1ccccc1)NNC(=O)c1ccccc1OCc1ccccc1. The lowest BCUT2D eigenvalue weighted by atomic mass is 10.1. The second-order valence-electron chi connectivity index (χ2n) is 5.94. The molecule has 0 saturated carbocycles. The van der Waals surface area contributed by atoms with Crippen molar-refractivity contribution in [2.24, 2.45) is 0 Å². The molecule has 2 N–H and O–H groups in total. The maximum Gasteiger partial charge on any atom is 0.273 e. The van der Waals surface area contributed by atoms with Crippen LogP contribution >= 0.6 is 0 Å². The number of rotatable bonds is 6. The van der Waals surface area contributed by atoms with Crippen LogP contribution in [0.3, 0.4) is 0 Å². The molecule has 0 spiro atoms. The van der Waals surface area contributed by atoms with Crippen molar-refractivity contribution in [3.8, 4) is 5.75 Å². The Morgan fingerprint density at radius 2 is 1.30 bits per heavy atom. The van der Waals surface area contributed by atoms with Gasteiger partial charge in [-0.25, -0.2) is 0 Å². The molecule has 3 aromatic carbocycles. The van der Waals surface area contributed by atoms with Gasteiger partial charge >= 0.3 is 0 Å². The molecule has 0 aliphatic rings. The van der Waals surface area contributed by atoms with Crippen molar-refractivity contribution >= 4 is 11.8 Å². The normalized spacial score (nSPS) is 10.1. The lowest BCUT2D eigenvalue weighted by Gasteiger charge is -2.12. The molecule has 0 aromatic heterocycles. The summed E-state index contributed by atoms with van der Waals surface area (Å²) in [5.41, 5.74) is 7.11. The highest BCUT2D eigenvalue weighted by molar-refractivity contribution is 5.97. The summed E-state index contributed by atoms with van der Waals surface area (Å²) in [6.45, 7) is 0.353. The van der Waals surface area contributed by atoms with Gasteiger partial charge in [0, 0.05) is 0 Å². The first-order chi connectivity index (χ1) is 13.2. The van der Waals surface area contributed by atoms with Crippen LogP contribution in [0.25, 0.3) is 0 Å². The molecule has 2 amide bonds. The molecule has 0 fully saturated rings. The molecule has 0 aliphatic carbocycles. The average molecular weight is 360 g/mol. The van der Waals surface area contributed by atoms with Gasteiger partial charge in [0.15, 0.2) is 0 Å². The number of hydrazine groups is 1. The molecule has 0 aliphatic heterocycles. The van der Waals surface area contributed by atoms with Gasteiger partial charge in [-0.05, 0) is 23.3 Å². The Bertz CT molecular complexity index is 896. The van der Waals surface area contributed by atoms with E-state index in [0.717, 1.165) is 11.1 Å². The molecule has 0 heterocycles. The minimum atomic E-state index is -0.430. The fourth-order valence-electron chi connectivity index (χ4n) is 2.53. The number of amides is 2. The molecule has 136 valence electrons. The Balaban J connectivity index is 1.57. The summed E-state index contributed by atoms with van der Waals surface area (Å²) >= 11 is 0. The lowest BCUT2D eigenvalue weighted by Crippen LogP contribution is -2.42. The Hall–Kier alpha value is -3.60. The van der Waals surface area contributed by atoms with Crippen LogP contribution in [0, 0.1) is 0 Å². The zero-order valence-corrected chi connectivity index (χ0v) is 14.7. The van der Waals surface area contributed by atoms with Gasteiger partial charge in [-0.15, -0.1) is 0 Å². The van der Waals surface area contributed by atoms with Crippen molar-refractivity contribution in [3.63, 3.8) is 0 Å². The van der Waals surface area contributed by atoms with Crippen LogP contribution in [0.4, 0.5) is 0 Å². The average Bonchev–Trinajstić information content (AvgIpc) is 2.72. The van der Waals surface area contributed by atoms with E-state index in [1.165, 1.54) is 0 Å². The second kappa shape index (κ2) is 9.20. The van der Waals surface area contributed by atoms with E-state index < -0.39 is 5.91 Å². The third-order valence-corrected chi connectivity index (χ3v) is 3.89. The van der Waals surface area contributed by atoms with Gasteiger partial charge in [-0.1, -0.05) is 72.8 Å². The summed E-state index contributed by atoms with van der Waals surface area (Å²) in [5.74, 6) is -0.270. The standard InChI is InChI=1S/C22H20N2O3/c25-21(15-17-9-3-1-4-10-17)23-24-22(26)19-13-7-8-14-20(19)27-16-18-11-5-2-6-12-18/h1-14H,15-16H2,(H,23,25)(H,24,26). The van der Waals surface area contributed by atoms with E-state index in [9.17, 15) is 9.59 Å². The third-order valence-electron chi connectivity index (χ3n) is 3.89. The third kappa shape index (κ3) is 5.44. The van der Waals surface area contributed by atoms with Crippen molar-refractivity contribution in [2.45, 2.75) is 13.0 Å². The van der Waals surface area contributed by atoms with E-state index in [0.29, 0.717) is 17.9 Å². The van der Waals surface area contributed by atoms with E-state index in [1.54, 1.807) is 24.3 Å². The van der Waals surface area contributed by atoms with Crippen LogP contribution < -0.4 is 15.6 Å². The van der Waals surface area contributed by atoms with Gasteiger partial charge in [0.1, 0.15) is 12.4 Å². The number of carbonyl (C=O) groups is 2. The molecule has 0 unspecified atom stereocenters. The number of hydrogen-bond donors (Lipinski definition) is 2. The van der Waals surface area contributed by atoms with Crippen molar-refractivity contribution < 1.29 is 14.3 Å². The predicted molar refractivity (Wildman–Crippen MR) is 103 cm³/mol. The fourth-order valence-corrected chi connectivity index (χ4v) is 2.53. The molecule has 0 bridgehead atoms. The van der Waals surface area contributed by atoms with Crippen molar-refractivity contribution in [3.05, 3.63) is 102 Å². The number of nitrogens with one attached hydrogen (secondary N) is 2. The summed E-state index contributed by atoms with van der Waals surface area (Å²) in [4.78, 5) is 24.4. The highest BCUT2D eigenvalue weighted by Gasteiger charge is 2.13. The van der Waals surface area contributed by atoms with E-state index in [-0.39, 0.29) is 12.3 Å². The Morgan fingerprint density at radius 1 is 0.704 bits per heavy atom. The molecule has 0 atom stereocenters. The number of carbonyl (C=O) groups excluding carboxylic acids is 2. The van der Waals surface area contributed by atoms with Crippen molar-refractivity contribution in [1.29, 1.82) is 0 Å². The van der Waals surface area contributed by atoms with Gasteiger partial charge in [-0.3, -0.25) is 20.4 Å². The Morgan fingerprint density at radius 3 is 2.00 bits per heavy atom. The topological polar surface area (TPSA) is 67.4 Å². The molecule has 5 heteroatoms. The molecule has 3 aromatic rings. The van der Waals surface area contributed by atoms with Crippen LogP contribution in [0.2, 0.25) is 0 Å². The summed E-state index contributed by atoms with van der Waals surface area (Å²) in [7, 11) is 0. The van der Waals surface area contributed by atoms with E-state index in [4.69, 9.17) is 4.74 Å². The molecule has 0 saturated heterocycles. The summed E-state index contributed by atoms with van der Waals surface area (Å²) in [6.07, 6.45) is 0.188. The van der Waals surface area contributed by atoms with Gasteiger partial charge in [-0.2, -0.15) is 0 Å². The molecular weight excluding hydrogens is 340 g/mol. The van der Waals surface area contributed by atoms with E-state index >= 15 is 0 Å². The first kappa shape index (κ1) is 18.2. The van der Waals surface area contributed by atoms with Crippen LogP contribution in [-0.4, -0.2) is 11.8 Å². The van der Waals surface area contributed by atoms with Crippen molar-refractivity contribution in [1.82, 2.24) is 10.9 Å². The van der Waals surface area contributed by atoms with Gasteiger partial charge in [0.25, 0.3) is 5.91 Å². The second-order valence-corrected chi connectivity index (χ2v) is 5.94. The highest BCUT2D eigenvalue weighted by atomic mass is 16.5. The minimum Gasteiger partial charge on any atom is -0.488 e. The molecule has 27 heavy (non-hydrogen) atoms. The van der Waals surface area contributed by atoms with E-state index in [2.05, 4.69) is 10.9 Å². The number of hydrogen-bond acceptors (Lipinski definition) is 3. The molecule has 3 rings (SSSR count). The smallest absolute Gasteiger partial charge is 0.273 e. The zero-order chi connectivity index (χ0) is 18.9. The maximum absolute atomic E-state index is 12.4. The predicted octanol–water partition coefficient (Wildman–Crippen LogP) is 3.27. The Kier molecular flexibility index (Phi) is 6.20. The summed E-state index contributed by atoms with van der Waals surface area (Å²) in [5, 5.41) is 0. The molecule has 5 nitrogen and oxygen atoms in total. The Labute approximate surface area is 158 Å². The largest absolute Gasteiger partial charge is 0.488 e. The van der Waals surface area contributed by atoms with Crippen LogP contribution in [0.1, 0.15) is 21.5 Å². The van der Waals surface area contributed by atoms with Crippen LogP contribution in [0.5, 0.6) is 5.75 Å². The lowest BCUT2D eigenvalue weighted by molar-refractivity contribution is -0.121. The summed E-state index contributed by atoms with van der Waals surface area (Å²) < 4.78 is 5.77. The van der Waals surface area contributed by atoms with Gasteiger partial charge in [0.2, 0.25) is 5.91 Å². The van der Waals surface area contributed by atoms with Gasteiger partial charge in [0.05, 0.1) is 12.0 Å². The fraction of sp³-hybridized carbons (Fsp3) is 0.0909. The quantitative estimate of drug-likeness (QED) is 0.663. The summed E-state index contributed by atoms with van der Waals surface area (Å²) in [6, 6.07) is 25.9. The molecule has 0 radical (unpaired) electrons. The zero-order valence-electron chi connectivity index (χ0n) is 14.7. The number of ether oxygens (including phenoxy) is 1. The first-order valence-corrected chi connectivity index (χ1v) is 8.61. The first-order valence-electron chi connectivity index (χ1n) is 8.61. The maximum atomic E-state index is 12.4. The number of benzene rings is 3. The van der Waals surface area contributed by atoms with Crippen LogP contribution in [0.15, 0.2) is 84.9 Å². The van der Waals surface area contributed by atoms with E-state index in [1.807, 2.05) is 60.7 Å². The van der Waals surface area contributed by atoms with Crippen LogP contribution in [-0.2, 0) is 17.8 Å². The highest BCUT2D eigenvalue weighted by Crippen LogP contribution is 2.19. The van der Waals surface area contributed by atoms with Gasteiger partial charge < -0.3 is 4.74 Å². The monoisotopic (exact) mass is 360 g/mol. The number of para-hydroxylation sites is 1. The van der Waals surface area contributed by atoms with Crippen molar-refractivity contribution in [2.75, 3.05) is 0 Å². The minimum absolute atomic E-state index is 0.188. The molecular formula is C22H20N2O3.